The van der Waals surface area contributed by atoms with E-state index >= 15 is 0 Å². The molecule has 1 aromatic heterocycles. The molecule has 0 spiro atoms. The van der Waals surface area contributed by atoms with E-state index in [1.807, 2.05) is 0 Å². The van der Waals surface area contributed by atoms with E-state index in [1.165, 1.54) is 42.7 Å². The zero-order valence-electron chi connectivity index (χ0n) is 15.5. The molecule has 8 heteroatoms. The number of nitrogens with one attached hydrogen (secondary N) is 1. The number of likely N-dealkylation sites (tertiary alicyclic amines) is 1. The van der Waals surface area contributed by atoms with Crippen molar-refractivity contribution in [1.29, 1.82) is 0 Å². The molecular weight excluding hydrogens is 403 g/mol. The number of halogens is 2. The van der Waals surface area contributed by atoms with Crippen LogP contribution in [0.15, 0.2) is 29.6 Å². The summed E-state index contributed by atoms with van der Waals surface area (Å²) in [6, 6.07) is 9.19. The van der Waals surface area contributed by atoms with Crippen molar-refractivity contribution in [3.63, 3.8) is 0 Å². The van der Waals surface area contributed by atoms with Gasteiger partial charge in [-0.25, -0.2) is 4.98 Å². The highest BCUT2D eigenvalue weighted by Crippen LogP contribution is 2.19. The molecule has 2 aromatic rings. The third kappa shape index (κ3) is 6.73. The first-order valence-corrected chi connectivity index (χ1v) is 9.78. The molecule has 5 nitrogen and oxygen atoms in total. The fourth-order valence-corrected chi connectivity index (χ4v) is 3.83. The predicted molar refractivity (Wildman–Crippen MR) is 116 cm³/mol. The Labute approximate surface area is 177 Å². The summed E-state index contributed by atoms with van der Waals surface area (Å²) < 4.78 is 0. The molecule has 0 radical (unpaired) electrons. The summed E-state index contributed by atoms with van der Waals surface area (Å²) in [6.07, 6.45) is 3.95. The molecule has 0 bridgehead atoms. The summed E-state index contributed by atoms with van der Waals surface area (Å²) in [6.45, 7) is 5.40. The molecule has 1 aromatic carbocycles. The monoisotopic (exact) mass is 430 g/mol. The minimum Gasteiger partial charge on any atom is -0.347 e. The molecule has 0 saturated carbocycles. The van der Waals surface area contributed by atoms with Gasteiger partial charge in [0.1, 0.15) is 10.7 Å². The van der Waals surface area contributed by atoms with Gasteiger partial charge in [0.15, 0.2) is 0 Å². The van der Waals surface area contributed by atoms with Gasteiger partial charge < -0.3 is 11.1 Å². The van der Waals surface area contributed by atoms with Crippen molar-refractivity contribution in [2.75, 3.05) is 6.54 Å². The first-order chi connectivity index (χ1) is 12.2. The van der Waals surface area contributed by atoms with Crippen molar-refractivity contribution in [2.24, 2.45) is 5.73 Å². The molecule has 1 fully saturated rings. The molecule has 2 heterocycles. The van der Waals surface area contributed by atoms with E-state index in [1.54, 1.807) is 5.38 Å². The van der Waals surface area contributed by atoms with Gasteiger partial charge in [-0.05, 0) is 37.4 Å². The summed E-state index contributed by atoms with van der Waals surface area (Å²) in [5.41, 5.74) is 8.40. The van der Waals surface area contributed by atoms with Gasteiger partial charge in [0.25, 0.3) is 5.91 Å². The number of hydrogen-bond donors (Lipinski definition) is 2. The van der Waals surface area contributed by atoms with Crippen LogP contribution in [0.25, 0.3) is 0 Å². The number of aromatic nitrogens is 1. The lowest BCUT2D eigenvalue weighted by Gasteiger charge is -2.33. The molecule has 1 amide bonds. The van der Waals surface area contributed by atoms with Crippen LogP contribution < -0.4 is 11.1 Å². The Kier molecular flexibility index (Phi) is 10.3. The number of benzene rings is 1. The summed E-state index contributed by atoms with van der Waals surface area (Å²) in [5, 5.41) is 5.44. The SMILES string of the molecule is CC1CCCCN1Cc1ccc(CNC(=O)c2csc(CN)n2)cc1.Cl.Cl. The van der Waals surface area contributed by atoms with E-state index in [0.717, 1.165) is 17.1 Å². The Balaban J connectivity index is 0.00000182. The highest BCUT2D eigenvalue weighted by Gasteiger charge is 2.18. The minimum absolute atomic E-state index is 0. The number of carbonyl (C=O) groups excluding carboxylic acids is 1. The number of rotatable bonds is 6. The zero-order chi connectivity index (χ0) is 17.6. The normalized spacial score (nSPS) is 16.9. The van der Waals surface area contributed by atoms with Crippen LogP contribution in [0, 0.1) is 0 Å². The van der Waals surface area contributed by atoms with E-state index in [4.69, 9.17) is 5.73 Å². The van der Waals surface area contributed by atoms with Crippen LogP contribution in [0.4, 0.5) is 0 Å². The predicted octanol–water partition coefficient (Wildman–Crippen LogP) is 3.75. The molecule has 150 valence electrons. The molecule has 1 saturated heterocycles. The average molecular weight is 431 g/mol. The van der Waals surface area contributed by atoms with Gasteiger partial charge in [0, 0.05) is 31.1 Å². The number of hydrogen-bond acceptors (Lipinski definition) is 5. The summed E-state index contributed by atoms with van der Waals surface area (Å²) >= 11 is 1.42. The van der Waals surface area contributed by atoms with Gasteiger partial charge in [-0.15, -0.1) is 36.2 Å². The Hall–Kier alpha value is -1.18. The van der Waals surface area contributed by atoms with Crippen LogP contribution >= 0.6 is 36.2 Å². The Bertz CT molecular complexity index is 708. The van der Waals surface area contributed by atoms with Crippen LogP contribution in [0.2, 0.25) is 0 Å². The number of nitrogens with two attached hydrogens (primary N) is 1. The average Bonchev–Trinajstić information content (AvgIpc) is 3.12. The molecule has 27 heavy (non-hydrogen) atoms. The molecular formula is C19H28Cl2N4OS. The summed E-state index contributed by atoms with van der Waals surface area (Å²) in [7, 11) is 0. The van der Waals surface area contributed by atoms with Crippen LogP contribution in [-0.2, 0) is 19.6 Å². The molecule has 1 aliphatic heterocycles. The van der Waals surface area contributed by atoms with Crippen molar-refractivity contribution in [2.45, 2.75) is 51.9 Å². The quantitative estimate of drug-likeness (QED) is 0.731. The van der Waals surface area contributed by atoms with Gasteiger partial charge >= 0.3 is 0 Å². The third-order valence-electron chi connectivity index (χ3n) is 4.76. The lowest BCUT2D eigenvalue weighted by Crippen LogP contribution is -2.36. The second-order valence-corrected chi connectivity index (χ2v) is 7.59. The lowest BCUT2D eigenvalue weighted by molar-refractivity contribution is 0.0946. The zero-order valence-corrected chi connectivity index (χ0v) is 18.0. The van der Waals surface area contributed by atoms with E-state index in [-0.39, 0.29) is 30.7 Å². The maximum atomic E-state index is 12.1. The highest BCUT2D eigenvalue weighted by molar-refractivity contribution is 7.09. The van der Waals surface area contributed by atoms with Crippen molar-refractivity contribution in [3.05, 3.63) is 51.5 Å². The van der Waals surface area contributed by atoms with Gasteiger partial charge in [-0.3, -0.25) is 9.69 Å². The second-order valence-electron chi connectivity index (χ2n) is 6.65. The van der Waals surface area contributed by atoms with Crippen LogP contribution in [0.5, 0.6) is 0 Å². The summed E-state index contributed by atoms with van der Waals surface area (Å²) in [5.74, 6) is -0.151. The van der Waals surface area contributed by atoms with Crippen LogP contribution in [0.3, 0.4) is 0 Å². The maximum Gasteiger partial charge on any atom is 0.271 e. The lowest BCUT2D eigenvalue weighted by atomic mass is 10.0. The largest absolute Gasteiger partial charge is 0.347 e. The first-order valence-electron chi connectivity index (χ1n) is 8.90. The smallest absolute Gasteiger partial charge is 0.271 e. The number of amides is 1. The van der Waals surface area contributed by atoms with E-state index in [2.05, 4.69) is 46.4 Å². The fourth-order valence-electron chi connectivity index (χ4n) is 3.17. The van der Waals surface area contributed by atoms with Crippen LogP contribution in [-0.4, -0.2) is 28.4 Å². The Morgan fingerprint density at radius 2 is 1.96 bits per heavy atom. The molecule has 3 rings (SSSR count). The Morgan fingerprint density at radius 1 is 1.26 bits per heavy atom. The van der Waals surface area contributed by atoms with Crippen molar-refractivity contribution in [1.82, 2.24) is 15.2 Å². The van der Waals surface area contributed by atoms with E-state index < -0.39 is 0 Å². The standard InChI is InChI=1S/C19H26N4OS.2ClH/c1-14-4-2-3-9-23(14)12-16-7-5-15(6-8-16)11-21-19(24)17-13-25-18(10-20)22-17;;/h5-8,13-14H,2-4,9-12,20H2,1H3,(H,21,24);2*1H. The highest BCUT2D eigenvalue weighted by atomic mass is 35.5. The Morgan fingerprint density at radius 3 is 2.59 bits per heavy atom. The van der Waals surface area contributed by atoms with Gasteiger partial charge in [-0.2, -0.15) is 0 Å². The van der Waals surface area contributed by atoms with E-state index in [0.29, 0.717) is 24.8 Å². The fraction of sp³-hybridized carbons (Fsp3) is 0.474. The van der Waals surface area contributed by atoms with Crippen molar-refractivity contribution in [3.8, 4) is 0 Å². The maximum absolute atomic E-state index is 12.1. The number of thiazole rings is 1. The number of piperidine rings is 1. The topological polar surface area (TPSA) is 71.2 Å². The van der Waals surface area contributed by atoms with Gasteiger partial charge in [-0.1, -0.05) is 30.7 Å². The van der Waals surface area contributed by atoms with Gasteiger partial charge in [0.2, 0.25) is 0 Å². The second kappa shape index (κ2) is 11.6. The summed E-state index contributed by atoms with van der Waals surface area (Å²) in [4.78, 5) is 18.9. The minimum atomic E-state index is -0.151. The van der Waals surface area contributed by atoms with Crippen molar-refractivity contribution < 1.29 is 4.79 Å². The van der Waals surface area contributed by atoms with Gasteiger partial charge in [0.05, 0.1) is 0 Å². The number of nitrogens with zero attached hydrogens (tertiary/aromatic N) is 2. The molecule has 0 aliphatic carbocycles. The van der Waals surface area contributed by atoms with E-state index in [9.17, 15) is 4.79 Å². The van der Waals surface area contributed by atoms with Crippen LogP contribution in [0.1, 0.15) is 52.8 Å². The molecule has 3 N–H and O–H groups in total. The molecule has 1 atom stereocenters. The third-order valence-corrected chi connectivity index (χ3v) is 5.63. The molecule has 1 aliphatic rings. The number of carbonyl (C=O) groups is 1. The first kappa shape index (κ1) is 23.9. The van der Waals surface area contributed by atoms with Crippen molar-refractivity contribution >= 4 is 42.1 Å². The molecule has 1 unspecified atom stereocenters.